The number of hydrogen-bond donors (Lipinski definition) is 2. The lowest BCUT2D eigenvalue weighted by Gasteiger charge is -2.34. The molecule has 1 atom stereocenters. The molecule has 1 unspecified atom stereocenters. The van der Waals surface area contributed by atoms with Gasteiger partial charge < -0.3 is 16.0 Å². The van der Waals surface area contributed by atoms with Gasteiger partial charge in [0.1, 0.15) is 5.54 Å². The van der Waals surface area contributed by atoms with Crippen LogP contribution in [0.25, 0.3) is 6.08 Å². The number of amides is 3. The van der Waals surface area contributed by atoms with E-state index in [9.17, 15) is 9.59 Å². The van der Waals surface area contributed by atoms with Crippen LogP contribution in [-0.4, -0.2) is 70.9 Å². The molecule has 3 amide bonds. The summed E-state index contributed by atoms with van der Waals surface area (Å²) >= 11 is 0. The first-order valence-electron chi connectivity index (χ1n) is 16.7. The second-order valence-electron chi connectivity index (χ2n) is 12.8. The normalized spacial score (nSPS) is 21.7. The van der Waals surface area contributed by atoms with Gasteiger partial charge in [-0.1, -0.05) is 119 Å². The van der Waals surface area contributed by atoms with E-state index >= 15 is 0 Å². The zero-order chi connectivity index (χ0) is 30.8. The van der Waals surface area contributed by atoms with Crippen LogP contribution in [0.15, 0.2) is 65.7 Å². The number of hydrogen-bond acceptors (Lipinski definition) is 5. The van der Waals surface area contributed by atoms with Crippen molar-refractivity contribution in [2.24, 2.45) is 16.6 Å². The van der Waals surface area contributed by atoms with Crippen LogP contribution in [0.1, 0.15) is 81.4 Å². The van der Waals surface area contributed by atoms with Crippen LogP contribution >= 0.6 is 0 Å². The number of carbonyl (C=O) groups is 2. The molecule has 2 fully saturated rings. The fourth-order valence-corrected chi connectivity index (χ4v) is 6.84. The SMILES string of the molecule is CCCCC1(CC2CCCCC2)N=C(N)N(Cc2ccc(CNC(=O)N3CCN(CC=Cc4ccccc4)CC3)cc2)C1=O. The third-order valence-corrected chi connectivity index (χ3v) is 9.48. The summed E-state index contributed by atoms with van der Waals surface area (Å²) in [6.07, 6.45) is 14.1. The third kappa shape index (κ3) is 8.29. The summed E-state index contributed by atoms with van der Waals surface area (Å²) in [5, 5.41) is 3.07. The average molecular weight is 599 g/mol. The van der Waals surface area contributed by atoms with E-state index in [2.05, 4.69) is 41.4 Å². The van der Waals surface area contributed by atoms with Crippen LogP contribution in [0.4, 0.5) is 4.79 Å². The molecular weight excluding hydrogens is 548 g/mol. The van der Waals surface area contributed by atoms with Crippen molar-refractivity contribution >= 4 is 24.0 Å². The molecule has 2 aliphatic heterocycles. The van der Waals surface area contributed by atoms with Gasteiger partial charge in [-0.2, -0.15) is 0 Å². The van der Waals surface area contributed by atoms with Crippen LogP contribution in [0.5, 0.6) is 0 Å². The van der Waals surface area contributed by atoms with Gasteiger partial charge in [-0.25, -0.2) is 9.79 Å². The number of aliphatic imine (C=N–C) groups is 1. The van der Waals surface area contributed by atoms with Crippen molar-refractivity contribution in [3.05, 3.63) is 77.4 Å². The van der Waals surface area contributed by atoms with Crippen molar-refractivity contribution in [2.75, 3.05) is 32.7 Å². The number of benzene rings is 2. The number of nitrogens with one attached hydrogen (secondary N) is 1. The molecule has 8 nitrogen and oxygen atoms in total. The number of carbonyl (C=O) groups excluding carboxylic acids is 2. The van der Waals surface area contributed by atoms with E-state index in [1.807, 2.05) is 47.4 Å². The highest BCUT2D eigenvalue weighted by molar-refractivity contribution is 6.06. The highest BCUT2D eigenvalue weighted by atomic mass is 16.2. The van der Waals surface area contributed by atoms with Gasteiger partial charge in [0.15, 0.2) is 5.96 Å². The summed E-state index contributed by atoms with van der Waals surface area (Å²) in [7, 11) is 0. The van der Waals surface area contributed by atoms with Gasteiger partial charge in [0, 0.05) is 39.3 Å². The Bertz CT molecular complexity index is 1280. The molecule has 0 aromatic heterocycles. The molecule has 236 valence electrons. The zero-order valence-electron chi connectivity index (χ0n) is 26.4. The van der Waals surface area contributed by atoms with Crippen molar-refractivity contribution in [2.45, 2.75) is 83.3 Å². The zero-order valence-corrected chi connectivity index (χ0v) is 26.4. The molecule has 44 heavy (non-hydrogen) atoms. The number of rotatable bonds is 12. The molecule has 0 radical (unpaired) electrons. The highest BCUT2D eigenvalue weighted by Crippen LogP contribution is 2.39. The number of unbranched alkanes of at least 4 members (excludes halogenated alkanes) is 1. The molecule has 8 heteroatoms. The molecule has 0 spiro atoms. The summed E-state index contributed by atoms with van der Waals surface area (Å²) in [6, 6.07) is 18.4. The van der Waals surface area contributed by atoms with Crippen LogP contribution in [0.3, 0.4) is 0 Å². The molecule has 5 rings (SSSR count). The van der Waals surface area contributed by atoms with Gasteiger partial charge in [0.25, 0.3) is 5.91 Å². The Morgan fingerprint density at radius 3 is 2.41 bits per heavy atom. The van der Waals surface area contributed by atoms with Crippen LogP contribution in [0, 0.1) is 5.92 Å². The van der Waals surface area contributed by atoms with Gasteiger partial charge in [-0.3, -0.25) is 14.6 Å². The fourth-order valence-electron chi connectivity index (χ4n) is 6.84. The highest BCUT2D eigenvalue weighted by Gasteiger charge is 2.48. The van der Waals surface area contributed by atoms with E-state index < -0.39 is 5.54 Å². The Hall–Kier alpha value is -3.65. The lowest BCUT2D eigenvalue weighted by molar-refractivity contribution is -0.132. The maximum Gasteiger partial charge on any atom is 0.317 e. The summed E-state index contributed by atoms with van der Waals surface area (Å²) < 4.78 is 0. The van der Waals surface area contributed by atoms with Crippen molar-refractivity contribution < 1.29 is 9.59 Å². The Balaban J connectivity index is 1.07. The van der Waals surface area contributed by atoms with Crippen molar-refractivity contribution in [1.82, 2.24) is 20.0 Å². The minimum absolute atomic E-state index is 0.0263. The maximum atomic E-state index is 13.8. The first kappa shape index (κ1) is 31.8. The van der Waals surface area contributed by atoms with Crippen LogP contribution in [-0.2, 0) is 17.9 Å². The summed E-state index contributed by atoms with van der Waals surface area (Å²) in [6.45, 7) is 7.10. The number of nitrogens with two attached hydrogens (primary N) is 1. The van der Waals surface area contributed by atoms with Crippen molar-refractivity contribution in [3.63, 3.8) is 0 Å². The molecule has 1 saturated heterocycles. The predicted octanol–water partition coefficient (Wildman–Crippen LogP) is 5.78. The van der Waals surface area contributed by atoms with Gasteiger partial charge in [0.05, 0.1) is 6.54 Å². The largest absolute Gasteiger partial charge is 0.369 e. The molecule has 1 aliphatic carbocycles. The lowest BCUT2D eigenvalue weighted by Crippen LogP contribution is -2.51. The maximum absolute atomic E-state index is 13.8. The Kier molecular flexibility index (Phi) is 11.1. The quantitative estimate of drug-likeness (QED) is 0.324. The first-order valence-corrected chi connectivity index (χ1v) is 16.7. The van der Waals surface area contributed by atoms with Gasteiger partial charge in [-0.05, 0) is 35.4 Å². The van der Waals surface area contributed by atoms with Crippen LogP contribution in [0.2, 0.25) is 0 Å². The number of urea groups is 1. The molecule has 3 aliphatic rings. The van der Waals surface area contributed by atoms with E-state index in [0.717, 1.165) is 69.5 Å². The number of piperazine rings is 1. The topological polar surface area (TPSA) is 94.3 Å². The smallest absolute Gasteiger partial charge is 0.317 e. The Morgan fingerprint density at radius 2 is 1.70 bits per heavy atom. The van der Waals surface area contributed by atoms with E-state index in [-0.39, 0.29) is 11.9 Å². The van der Waals surface area contributed by atoms with E-state index in [4.69, 9.17) is 10.7 Å². The summed E-state index contributed by atoms with van der Waals surface area (Å²) in [5.74, 6) is 0.977. The number of nitrogens with zero attached hydrogens (tertiary/aromatic N) is 4. The Labute approximate surface area is 263 Å². The first-order chi connectivity index (χ1) is 21.5. The third-order valence-electron chi connectivity index (χ3n) is 9.48. The summed E-state index contributed by atoms with van der Waals surface area (Å²) in [4.78, 5) is 37.5. The molecule has 2 aromatic rings. The molecule has 0 bridgehead atoms. The Morgan fingerprint density at radius 1 is 1.00 bits per heavy atom. The van der Waals surface area contributed by atoms with Gasteiger partial charge >= 0.3 is 6.03 Å². The predicted molar refractivity (Wildman–Crippen MR) is 178 cm³/mol. The minimum atomic E-state index is -0.698. The molecular formula is C36H50N6O2. The number of guanidine groups is 1. The minimum Gasteiger partial charge on any atom is -0.369 e. The second-order valence-corrected chi connectivity index (χ2v) is 12.8. The van der Waals surface area contributed by atoms with E-state index in [1.54, 1.807) is 4.90 Å². The molecule has 2 heterocycles. The lowest BCUT2D eigenvalue weighted by atomic mass is 9.77. The monoisotopic (exact) mass is 598 g/mol. The second kappa shape index (κ2) is 15.4. The van der Waals surface area contributed by atoms with Gasteiger partial charge in [0.2, 0.25) is 0 Å². The molecule has 1 saturated carbocycles. The van der Waals surface area contributed by atoms with Crippen molar-refractivity contribution in [1.29, 1.82) is 0 Å². The molecule has 2 aromatic carbocycles. The standard InChI is InChI=1S/C36H50N6O2/c1-2-3-20-36(26-30-13-8-5-9-14-30)33(43)42(34(37)39-36)28-32-18-16-31(17-19-32)27-38-35(44)41-24-22-40(23-25-41)21-10-15-29-11-6-4-7-12-29/h4,6-7,10-12,15-19,30H,2-3,5,8-9,13-14,20-28H2,1H3,(H2,37,39)(H,38,44). The van der Waals surface area contributed by atoms with Crippen molar-refractivity contribution in [3.8, 4) is 0 Å². The van der Waals surface area contributed by atoms with E-state index in [0.29, 0.717) is 25.0 Å². The average Bonchev–Trinajstić information content (AvgIpc) is 3.28. The van der Waals surface area contributed by atoms with Gasteiger partial charge in [-0.15, -0.1) is 0 Å². The van der Waals surface area contributed by atoms with E-state index in [1.165, 1.54) is 37.7 Å². The van der Waals surface area contributed by atoms with Crippen LogP contribution < -0.4 is 11.1 Å². The fraction of sp³-hybridized carbons (Fsp3) is 0.528. The molecule has 3 N–H and O–H groups in total. The summed E-state index contributed by atoms with van der Waals surface area (Å²) in [5.41, 5.74) is 8.94.